The van der Waals surface area contributed by atoms with Crippen molar-refractivity contribution in [3.8, 4) is 0 Å². The highest BCUT2D eigenvalue weighted by molar-refractivity contribution is 9.10. The zero-order valence-electron chi connectivity index (χ0n) is 11.2. The molecule has 0 radical (unpaired) electrons. The number of hydrazine groups is 1. The smallest absolute Gasteiger partial charge is 0.134 e. The summed E-state index contributed by atoms with van der Waals surface area (Å²) in [6.07, 6.45) is 0. The largest absolute Gasteiger partial charge is 0.271 e. The zero-order valence-corrected chi connectivity index (χ0v) is 12.8. The number of nitrogens with one attached hydrogen (secondary N) is 1. The molecule has 0 saturated heterocycles. The van der Waals surface area contributed by atoms with E-state index in [4.69, 9.17) is 5.84 Å². The Balaban J connectivity index is 2.65. The molecule has 5 heteroatoms. The van der Waals surface area contributed by atoms with E-state index >= 15 is 0 Å². The molecule has 2 aromatic carbocycles. The molecule has 0 aromatic heterocycles. The molecular weight excluding hydrogens is 326 g/mol. The first-order valence-corrected chi connectivity index (χ1v) is 6.92. The molecule has 0 aliphatic heterocycles. The molecule has 0 heterocycles. The standard InChI is InChI=1S/C15H15BrF2N2/c1-8-4-3-5-10(13(8)16)15(20-19)12-11(17)7-6-9(2)14(12)18/h3-7,15,20H,19H2,1-2H3. The minimum Gasteiger partial charge on any atom is -0.271 e. The highest BCUT2D eigenvalue weighted by Crippen LogP contribution is 2.33. The molecule has 0 aliphatic carbocycles. The van der Waals surface area contributed by atoms with Crippen molar-refractivity contribution in [1.82, 2.24) is 5.43 Å². The fourth-order valence-electron chi connectivity index (χ4n) is 2.16. The van der Waals surface area contributed by atoms with E-state index in [9.17, 15) is 8.78 Å². The molecule has 2 rings (SSSR count). The topological polar surface area (TPSA) is 38.0 Å². The van der Waals surface area contributed by atoms with Crippen molar-refractivity contribution in [2.24, 2.45) is 5.84 Å². The zero-order chi connectivity index (χ0) is 14.9. The molecule has 2 nitrogen and oxygen atoms in total. The van der Waals surface area contributed by atoms with Crippen molar-refractivity contribution in [1.29, 1.82) is 0 Å². The van der Waals surface area contributed by atoms with Crippen LogP contribution in [0.4, 0.5) is 8.78 Å². The lowest BCUT2D eigenvalue weighted by molar-refractivity contribution is 0.506. The summed E-state index contributed by atoms with van der Waals surface area (Å²) in [5.41, 5.74) is 4.47. The predicted octanol–water partition coefficient (Wildman–Crippen LogP) is 3.90. The van der Waals surface area contributed by atoms with E-state index in [0.29, 0.717) is 11.1 Å². The minimum absolute atomic E-state index is 0.0706. The van der Waals surface area contributed by atoms with Crippen LogP contribution in [0.3, 0.4) is 0 Å². The van der Waals surface area contributed by atoms with Gasteiger partial charge in [-0.1, -0.05) is 40.2 Å². The molecule has 20 heavy (non-hydrogen) atoms. The summed E-state index contributed by atoms with van der Waals surface area (Å²) in [5.74, 6) is 4.34. The van der Waals surface area contributed by atoms with Crippen LogP contribution in [-0.2, 0) is 0 Å². The van der Waals surface area contributed by atoms with Gasteiger partial charge in [-0.05, 0) is 36.6 Å². The van der Waals surface area contributed by atoms with Crippen LogP contribution in [0.2, 0.25) is 0 Å². The SMILES string of the molecule is Cc1ccc(F)c(C(NN)c2cccc(C)c2Br)c1F. The van der Waals surface area contributed by atoms with Crippen molar-refractivity contribution in [2.75, 3.05) is 0 Å². The molecule has 3 N–H and O–H groups in total. The van der Waals surface area contributed by atoms with Crippen molar-refractivity contribution >= 4 is 15.9 Å². The fourth-order valence-corrected chi connectivity index (χ4v) is 2.66. The van der Waals surface area contributed by atoms with Crippen molar-refractivity contribution in [3.05, 3.63) is 68.7 Å². The highest BCUT2D eigenvalue weighted by atomic mass is 79.9. The monoisotopic (exact) mass is 340 g/mol. The molecule has 0 aliphatic rings. The second-order valence-corrected chi connectivity index (χ2v) is 5.46. The van der Waals surface area contributed by atoms with Gasteiger partial charge in [0.05, 0.1) is 6.04 Å². The van der Waals surface area contributed by atoms with Crippen LogP contribution in [0.25, 0.3) is 0 Å². The van der Waals surface area contributed by atoms with Gasteiger partial charge >= 0.3 is 0 Å². The quantitative estimate of drug-likeness (QED) is 0.656. The number of rotatable bonds is 3. The predicted molar refractivity (Wildman–Crippen MR) is 79.1 cm³/mol. The highest BCUT2D eigenvalue weighted by Gasteiger charge is 2.24. The Morgan fingerprint density at radius 3 is 2.45 bits per heavy atom. The van der Waals surface area contributed by atoms with Gasteiger partial charge in [-0.25, -0.2) is 14.2 Å². The van der Waals surface area contributed by atoms with Gasteiger partial charge in [-0.3, -0.25) is 5.84 Å². The fraction of sp³-hybridized carbons (Fsp3) is 0.200. The van der Waals surface area contributed by atoms with E-state index in [1.165, 1.54) is 12.1 Å². The van der Waals surface area contributed by atoms with Gasteiger partial charge in [0, 0.05) is 10.0 Å². The Morgan fingerprint density at radius 1 is 1.10 bits per heavy atom. The van der Waals surface area contributed by atoms with Crippen LogP contribution in [0.1, 0.15) is 28.3 Å². The summed E-state index contributed by atoms with van der Waals surface area (Å²) >= 11 is 3.45. The average Bonchev–Trinajstić information content (AvgIpc) is 2.43. The molecule has 0 bridgehead atoms. The van der Waals surface area contributed by atoms with Gasteiger partial charge in [-0.15, -0.1) is 0 Å². The first-order valence-electron chi connectivity index (χ1n) is 6.13. The third-order valence-corrected chi connectivity index (χ3v) is 4.39. The van der Waals surface area contributed by atoms with E-state index in [2.05, 4.69) is 21.4 Å². The Labute approximate surface area is 125 Å². The number of hydrogen-bond donors (Lipinski definition) is 2. The Morgan fingerprint density at radius 2 is 1.80 bits per heavy atom. The Kier molecular flexibility index (Phi) is 4.52. The summed E-state index contributed by atoms with van der Waals surface area (Å²) < 4.78 is 29.1. The van der Waals surface area contributed by atoms with Gasteiger partial charge in [0.15, 0.2) is 0 Å². The lowest BCUT2D eigenvalue weighted by Gasteiger charge is -2.21. The number of hydrogen-bond acceptors (Lipinski definition) is 2. The summed E-state index contributed by atoms with van der Waals surface area (Å²) in [7, 11) is 0. The molecule has 106 valence electrons. The number of aryl methyl sites for hydroxylation is 2. The van der Waals surface area contributed by atoms with Gasteiger partial charge in [0.2, 0.25) is 0 Å². The number of nitrogens with two attached hydrogens (primary N) is 1. The molecule has 0 saturated carbocycles. The summed E-state index contributed by atoms with van der Waals surface area (Å²) in [5, 5.41) is 0. The van der Waals surface area contributed by atoms with Crippen LogP contribution in [0, 0.1) is 25.5 Å². The van der Waals surface area contributed by atoms with Gasteiger partial charge in [0.25, 0.3) is 0 Å². The lowest BCUT2D eigenvalue weighted by Crippen LogP contribution is -2.31. The first kappa shape index (κ1) is 15.1. The third kappa shape index (κ3) is 2.61. The molecule has 2 aromatic rings. The molecule has 1 unspecified atom stereocenters. The third-order valence-electron chi connectivity index (χ3n) is 3.31. The molecule has 0 amide bonds. The normalized spacial score (nSPS) is 12.5. The van der Waals surface area contributed by atoms with Crippen LogP contribution in [0.15, 0.2) is 34.8 Å². The van der Waals surface area contributed by atoms with Gasteiger partial charge in [0.1, 0.15) is 11.6 Å². The maximum Gasteiger partial charge on any atom is 0.134 e. The molecular formula is C15H15BrF2N2. The summed E-state index contributed by atoms with van der Waals surface area (Å²) in [6, 6.07) is 7.41. The summed E-state index contributed by atoms with van der Waals surface area (Å²) in [4.78, 5) is 0. The van der Waals surface area contributed by atoms with Crippen molar-refractivity contribution < 1.29 is 8.78 Å². The summed E-state index contributed by atoms with van der Waals surface area (Å²) in [6.45, 7) is 3.50. The van der Waals surface area contributed by atoms with Crippen LogP contribution in [0.5, 0.6) is 0 Å². The van der Waals surface area contributed by atoms with E-state index in [0.717, 1.165) is 10.0 Å². The number of benzene rings is 2. The molecule has 1 atom stereocenters. The van der Waals surface area contributed by atoms with Crippen LogP contribution >= 0.6 is 15.9 Å². The second-order valence-electron chi connectivity index (χ2n) is 4.67. The maximum atomic E-state index is 14.3. The van der Waals surface area contributed by atoms with E-state index in [1.54, 1.807) is 13.0 Å². The van der Waals surface area contributed by atoms with E-state index < -0.39 is 17.7 Å². The molecule has 0 spiro atoms. The average molecular weight is 341 g/mol. The van der Waals surface area contributed by atoms with Gasteiger partial charge in [-0.2, -0.15) is 0 Å². The Hall–Kier alpha value is -1.30. The van der Waals surface area contributed by atoms with Crippen molar-refractivity contribution in [2.45, 2.75) is 19.9 Å². The lowest BCUT2D eigenvalue weighted by atomic mass is 9.95. The first-order chi connectivity index (χ1) is 9.47. The second kappa shape index (κ2) is 5.99. The number of halogens is 3. The van der Waals surface area contributed by atoms with Gasteiger partial charge < -0.3 is 0 Å². The Bertz CT molecular complexity index is 644. The van der Waals surface area contributed by atoms with Crippen molar-refractivity contribution in [3.63, 3.8) is 0 Å². The van der Waals surface area contributed by atoms with Crippen LogP contribution < -0.4 is 11.3 Å². The molecule has 0 fully saturated rings. The minimum atomic E-state index is -0.760. The van der Waals surface area contributed by atoms with E-state index in [-0.39, 0.29) is 5.56 Å². The maximum absolute atomic E-state index is 14.3. The van der Waals surface area contributed by atoms with E-state index in [1.807, 2.05) is 19.1 Å². The van der Waals surface area contributed by atoms with Crippen LogP contribution in [-0.4, -0.2) is 0 Å².